The van der Waals surface area contributed by atoms with Crippen LogP contribution in [0.1, 0.15) is 51.7 Å². The molecule has 0 bridgehead atoms. The zero-order valence-electron chi connectivity index (χ0n) is 10.8. The summed E-state index contributed by atoms with van der Waals surface area (Å²) in [6.45, 7) is 6.77. The van der Waals surface area contributed by atoms with E-state index in [1.165, 1.54) is 0 Å². The smallest absolute Gasteiger partial charge is 0.226 e. The van der Waals surface area contributed by atoms with Gasteiger partial charge in [0.05, 0.1) is 0 Å². The lowest BCUT2D eigenvalue weighted by Gasteiger charge is -2.17. The van der Waals surface area contributed by atoms with Gasteiger partial charge in [-0.3, -0.25) is 0 Å². The minimum atomic E-state index is -0.361. The molecule has 1 aromatic heterocycles. The number of aromatic nitrogens is 2. The fourth-order valence-corrected chi connectivity index (χ4v) is 1.96. The normalized spacial score (nSPS) is 25.4. The first-order valence-electron chi connectivity index (χ1n) is 6.15. The fraction of sp³-hybridized carbons (Fsp3) is 0.833. The van der Waals surface area contributed by atoms with E-state index in [-0.39, 0.29) is 11.1 Å². The highest BCUT2D eigenvalue weighted by molar-refractivity contribution is 5.01. The molecule has 2 heterocycles. The molecule has 17 heavy (non-hydrogen) atoms. The highest BCUT2D eigenvalue weighted by atomic mass is 16.5. The maximum Gasteiger partial charge on any atom is 0.226 e. The molecule has 2 N–H and O–H groups in total. The zero-order valence-corrected chi connectivity index (χ0v) is 10.8. The van der Waals surface area contributed by atoms with E-state index in [0.717, 1.165) is 25.9 Å². The number of rotatable bonds is 4. The maximum absolute atomic E-state index is 5.92. The first-order chi connectivity index (χ1) is 7.89. The molecule has 0 aromatic carbocycles. The van der Waals surface area contributed by atoms with E-state index < -0.39 is 0 Å². The lowest BCUT2D eigenvalue weighted by Crippen LogP contribution is -2.32. The third-order valence-corrected chi connectivity index (χ3v) is 3.14. The van der Waals surface area contributed by atoms with Gasteiger partial charge in [0.25, 0.3) is 0 Å². The van der Waals surface area contributed by atoms with Crippen molar-refractivity contribution in [1.29, 1.82) is 0 Å². The first kappa shape index (κ1) is 12.5. The van der Waals surface area contributed by atoms with Crippen LogP contribution in [0.3, 0.4) is 0 Å². The Morgan fingerprint density at radius 2 is 2.24 bits per heavy atom. The van der Waals surface area contributed by atoms with Gasteiger partial charge in [-0.2, -0.15) is 4.98 Å². The molecule has 0 spiro atoms. The molecule has 1 aliphatic rings. The van der Waals surface area contributed by atoms with Gasteiger partial charge in [-0.1, -0.05) is 5.16 Å². The summed E-state index contributed by atoms with van der Waals surface area (Å²) in [5, 5.41) is 4.02. The minimum absolute atomic E-state index is 0.206. The van der Waals surface area contributed by atoms with Crippen LogP contribution in [0.25, 0.3) is 0 Å². The Bertz CT molecular complexity index is 375. The Balaban J connectivity index is 2.01. The summed E-state index contributed by atoms with van der Waals surface area (Å²) >= 11 is 0. The molecular weight excluding hydrogens is 218 g/mol. The van der Waals surface area contributed by atoms with Gasteiger partial charge in [-0.05, 0) is 40.0 Å². The van der Waals surface area contributed by atoms with Crippen LogP contribution in [0.5, 0.6) is 0 Å². The summed E-state index contributed by atoms with van der Waals surface area (Å²) in [6.07, 6.45) is 3.54. The van der Waals surface area contributed by atoms with Gasteiger partial charge in [-0.15, -0.1) is 0 Å². The van der Waals surface area contributed by atoms with E-state index in [9.17, 15) is 0 Å². The molecule has 1 saturated heterocycles. The summed E-state index contributed by atoms with van der Waals surface area (Å²) in [5.41, 5.74) is 5.36. The average molecular weight is 239 g/mol. The van der Waals surface area contributed by atoms with Crippen LogP contribution in [0.2, 0.25) is 0 Å². The van der Waals surface area contributed by atoms with Crippen LogP contribution < -0.4 is 5.73 Å². The minimum Gasteiger partial charge on any atom is -0.367 e. The zero-order chi connectivity index (χ0) is 12.5. The van der Waals surface area contributed by atoms with Crippen molar-refractivity contribution < 1.29 is 9.26 Å². The number of hydrogen-bond donors (Lipinski definition) is 1. The quantitative estimate of drug-likeness (QED) is 0.866. The van der Waals surface area contributed by atoms with Gasteiger partial charge in [-0.25, -0.2) is 0 Å². The summed E-state index contributed by atoms with van der Waals surface area (Å²) in [6, 6.07) is 0. The van der Waals surface area contributed by atoms with E-state index in [1.807, 2.05) is 20.8 Å². The van der Waals surface area contributed by atoms with Gasteiger partial charge < -0.3 is 15.0 Å². The lowest BCUT2D eigenvalue weighted by molar-refractivity contribution is 0.00768. The SMILES string of the molecule is CC(C)(N)CCc1nc(C2(C)CCCO2)no1. The second-order valence-corrected chi connectivity index (χ2v) is 5.68. The summed E-state index contributed by atoms with van der Waals surface area (Å²) in [4.78, 5) is 4.41. The van der Waals surface area contributed by atoms with Crippen LogP contribution in [0, 0.1) is 0 Å². The molecule has 0 radical (unpaired) electrons. The molecule has 0 amide bonds. The molecule has 5 heteroatoms. The highest BCUT2D eigenvalue weighted by Crippen LogP contribution is 2.33. The largest absolute Gasteiger partial charge is 0.367 e. The number of nitrogens with zero attached hydrogens (tertiary/aromatic N) is 2. The standard InChI is InChI=1S/C12H21N3O2/c1-11(2,13)7-5-9-14-10(15-17-9)12(3)6-4-8-16-12/h4-8,13H2,1-3H3. The molecule has 1 fully saturated rings. The topological polar surface area (TPSA) is 74.2 Å². The second-order valence-electron chi connectivity index (χ2n) is 5.68. The van der Waals surface area contributed by atoms with Crippen molar-refractivity contribution in [1.82, 2.24) is 10.1 Å². The van der Waals surface area contributed by atoms with Gasteiger partial charge >= 0.3 is 0 Å². The lowest BCUT2D eigenvalue weighted by atomic mass is 10.00. The van der Waals surface area contributed by atoms with E-state index in [1.54, 1.807) is 0 Å². The summed E-state index contributed by atoms with van der Waals surface area (Å²) in [7, 11) is 0. The van der Waals surface area contributed by atoms with Gasteiger partial charge in [0, 0.05) is 18.6 Å². The van der Waals surface area contributed by atoms with Crippen LogP contribution in [-0.2, 0) is 16.8 Å². The molecule has 0 aliphatic carbocycles. The summed E-state index contributed by atoms with van der Waals surface area (Å²) < 4.78 is 10.9. The molecule has 1 atom stereocenters. The molecule has 1 aromatic rings. The van der Waals surface area contributed by atoms with E-state index in [4.69, 9.17) is 15.0 Å². The van der Waals surface area contributed by atoms with E-state index in [0.29, 0.717) is 18.1 Å². The van der Waals surface area contributed by atoms with Crippen LogP contribution in [0.15, 0.2) is 4.52 Å². The van der Waals surface area contributed by atoms with Gasteiger partial charge in [0.1, 0.15) is 5.60 Å². The molecule has 5 nitrogen and oxygen atoms in total. The Morgan fingerprint density at radius 1 is 1.47 bits per heavy atom. The number of aryl methyl sites for hydroxylation is 1. The third kappa shape index (κ3) is 3.04. The Hall–Kier alpha value is -0.940. The van der Waals surface area contributed by atoms with Crippen molar-refractivity contribution in [3.63, 3.8) is 0 Å². The predicted molar refractivity (Wildman–Crippen MR) is 63.4 cm³/mol. The first-order valence-corrected chi connectivity index (χ1v) is 6.15. The molecule has 1 unspecified atom stereocenters. The Labute approximate surface area is 102 Å². The van der Waals surface area contributed by atoms with Crippen LogP contribution >= 0.6 is 0 Å². The summed E-state index contributed by atoms with van der Waals surface area (Å²) in [5.74, 6) is 1.31. The second kappa shape index (κ2) is 4.38. The van der Waals surface area contributed by atoms with Crippen LogP contribution in [-0.4, -0.2) is 22.3 Å². The predicted octanol–water partition coefficient (Wildman–Crippen LogP) is 1.77. The third-order valence-electron chi connectivity index (χ3n) is 3.14. The monoisotopic (exact) mass is 239 g/mol. The number of ether oxygens (including phenoxy) is 1. The molecule has 0 saturated carbocycles. The average Bonchev–Trinajstić information content (AvgIpc) is 2.83. The number of nitrogens with two attached hydrogens (primary N) is 1. The maximum atomic E-state index is 5.92. The van der Waals surface area contributed by atoms with E-state index in [2.05, 4.69) is 10.1 Å². The van der Waals surface area contributed by atoms with Crippen molar-refractivity contribution in [2.24, 2.45) is 5.73 Å². The fourth-order valence-electron chi connectivity index (χ4n) is 1.96. The van der Waals surface area contributed by atoms with Crippen LogP contribution in [0.4, 0.5) is 0 Å². The molecule has 2 rings (SSSR count). The van der Waals surface area contributed by atoms with Crippen molar-refractivity contribution in [2.45, 2.75) is 57.6 Å². The van der Waals surface area contributed by atoms with Crippen molar-refractivity contribution in [2.75, 3.05) is 6.61 Å². The molecule has 96 valence electrons. The van der Waals surface area contributed by atoms with Crippen molar-refractivity contribution in [3.8, 4) is 0 Å². The highest BCUT2D eigenvalue weighted by Gasteiger charge is 2.36. The van der Waals surface area contributed by atoms with Crippen molar-refractivity contribution in [3.05, 3.63) is 11.7 Å². The van der Waals surface area contributed by atoms with Gasteiger partial charge in [0.2, 0.25) is 11.7 Å². The van der Waals surface area contributed by atoms with Crippen molar-refractivity contribution >= 4 is 0 Å². The van der Waals surface area contributed by atoms with Gasteiger partial charge in [0.15, 0.2) is 0 Å². The Kier molecular flexibility index (Phi) is 3.23. The van der Waals surface area contributed by atoms with E-state index >= 15 is 0 Å². The molecular formula is C12H21N3O2. The molecule has 1 aliphatic heterocycles. The number of hydrogen-bond acceptors (Lipinski definition) is 5. The Morgan fingerprint density at radius 3 is 2.82 bits per heavy atom.